The minimum Gasteiger partial charge on any atom is -0.462 e. The molecule has 6 heteroatoms. The van der Waals surface area contributed by atoms with E-state index in [-0.39, 0.29) is 18.4 Å². The number of aromatic nitrogens is 1. The Morgan fingerprint density at radius 2 is 2.31 bits per heavy atom. The molecular weight excluding hydrogens is 248 g/mol. The number of thiazole rings is 1. The Hall–Kier alpha value is -0.810. The van der Waals surface area contributed by atoms with Gasteiger partial charge >= 0.3 is 5.97 Å². The molecule has 0 aliphatic heterocycles. The minimum atomic E-state index is -0.267. The number of aryl methyl sites for hydroxylation is 1. The smallest absolute Gasteiger partial charge is 0.350 e. The van der Waals surface area contributed by atoms with Crippen molar-refractivity contribution in [2.75, 3.05) is 11.9 Å². The molecule has 16 heavy (non-hydrogen) atoms. The molecule has 0 atom stereocenters. The van der Waals surface area contributed by atoms with Crippen LogP contribution in [0.25, 0.3) is 0 Å². The summed E-state index contributed by atoms with van der Waals surface area (Å²) in [6, 6.07) is 0.561. The highest BCUT2D eigenvalue weighted by Crippen LogP contribution is 2.29. The van der Waals surface area contributed by atoms with Crippen LogP contribution in [0.2, 0.25) is 0 Å². The zero-order valence-electron chi connectivity index (χ0n) is 9.28. The fourth-order valence-electron chi connectivity index (χ4n) is 1.25. The lowest BCUT2D eigenvalue weighted by molar-refractivity contribution is 0.0531. The molecule has 0 saturated heterocycles. The predicted octanol–water partition coefficient (Wildman–Crippen LogP) is 2.62. The van der Waals surface area contributed by atoms with E-state index in [1.165, 1.54) is 24.2 Å². The number of esters is 1. The fourth-order valence-corrected chi connectivity index (χ4v) is 2.18. The van der Waals surface area contributed by atoms with Crippen molar-refractivity contribution in [3.05, 3.63) is 10.6 Å². The number of rotatable bonds is 4. The van der Waals surface area contributed by atoms with E-state index in [4.69, 9.17) is 4.74 Å². The Kier molecular flexibility index (Phi) is 4.56. The van der Waals surface area contributed by atoms with Gasteiger partial charge in [0.25, 0.3) is 0 Å². The second-order valence-corrected chi connectivity index (χ2v) is 4.57. The summed E-state index contributed by atoms with van der Waals surface area (Å²) in [6.07, 6.45) is 2.40. The second-order valence-electron chi connectivity index (χ2n) is 3.57. The topological polar surface area (TPSA) is 51.2 Å². The first-order valence-electron chi connectivity index (χ1n) is 5.11. The number of hydrogen-bond donors (Lipinski definition) is 1. The van der Waals surface area contributed by atoms with Gasteiger partial charge in [-0.05, 0) is 26.7 Å². The zero-order valence-corrected chi connectivity index (χ0v) is 10.9. The molecule has 1 heterocycles. The maximum Gasteiger partial charge on any atom is 0.350 e. The van der Waals surface area contributed by atoms with Gasteiger partial charge in [-0.25, -0.2) is 9.78 Å². The number of anilines is 1. The van der Waals surface area contributed by atoms with E-state index in [0.29, 0.717) is 17.5 Å². The Morgan fingerprint density at radius 3 is 2.88 bits per heavy atom. The molecule has 0 unspecified atom stereocenters. The highest BCUT2D eigenvalue weighted by atomic mass is 35.5. The fraction of sp³-hybridized carbons (Fsp3) is 0.600. The summed E-state index contributed by atoms with van der Waals surface area (Å²) in [5.41, 5.74) is 0.751. The molecule has 1 aliphatic carbocycles. The molecule has 1 saturated carbocycles. The average molecular weight is 263 g/mol. The van der Waals surface area contributed by atoms with Crippen LogP contribution in [0.5, 0.6) is 0 Å². The first kappa shape index (κ1) is 13.3. The summed E-state index contributed by atoms with van der Waals surface area (Å²) in [7, 11) is 0. The molecule has 4 nitrogen and oxygen atoms in total. The van der Waals surface area contributed by atoms with Crippen LogP contribution in [0.15, 0.2) is 0 Å². The summed E-state index contributed by atoms with van der Waals surface area (Å²) in [4.78, 5) is 16.4. The Morgan fingerprint density at radius 1 is 1.62 bits per heavy atom. The summed E-state index contributed by atoms with van der Waals surface area (Å²) < 4.78 is 4.95. The van der Waals surface area contributed by atoms with Crippen LogP contribution in [0.4, 0.5) is 5.13 Å². The number of nitrogens with zero attached hydrogens (tertiary/aromatic N) is 1. The van der Waals surface area contributed by atoms with Crippen molar-refractivity contribution < 1.29 is 9.53 Å². The number of nitrogens with one attached hydrogen (secondary N) is 1. The molecule has 0 bridgehead atoms. The zero-order chi connectivity index (χ0) is 10.8. The van der Waals surface area contributed by atoms with E-state index in [9.17, 15) is 4.79 Å². The minimum absolute atomic E-state index is 0. The Labute approximate surface area is 105 Å². The van der Waals surface area contributed by atoms with E-state index in [2.05, 4.69) is 10.3 Å². The lowest BCUT2D eigenvalue weighted by Gasteiger charge is -1.97. The van der Waals surface area contributed by atoms with Gasteiger partial charge in [-0.1, -0.05) is 11.3 Å². The number of ether oxygens (including phenoxy) is 1. The first-order valence-corrected chi connectivity index (χ1v) is 5.93. The first-order chi connectivity index (χ1) is 7.20. The van der Waals surface area contributed by atoms with Crippen LogP contribution in [0.1, 0.15) is 35.1 Å². The summed E-state index contributed by atoms with van der Waals surface area (Å²) in [6.45, 7) is 4.04. The summed E-state index contributed by atoms with van der Waals surface area (Å²) >= 11 is 1.38. The van der Waals surface area contributed by atoms with Gasteiger partial charge in [-0.15, -0.1) is 12.4 Å². The van der Waals surface area contributed by atoms with Gasteiger partial charge in [0, 0.05) is 6.04 Å². The van der Waals surface area contributed by atoms with Crippen molar-refractivity contribution in [2.45, 2.75) is 32.7 Å². The molecule has 90 valence electrons. The van der Waals surface area contributed by atoms with E-state index in [1.54, 1.807) is 6.92 Å². The molecule has 1 N–H and O–H groups in total. The highest BCUT2D eigenvalue weighted by Gasteiger charge is 2.24. The third-order valence-corrected chi connectivity index (χ3v) is 3.23. The molecule has 1 aromatic heterocycles. The van der Waals surface area contributed by atoms with Gasteiger partial charge in [0.2, 0.25) is 0 Å². The van der Waals surface area contributed by atoms with Gasteiger partial charge in [0.1, 0.15) is 4.88 Å². The van der Waals surface area contributed by atoms with Crippen LogP contribution < -0.4 is 5.32 Å². The molecule has 0 radical (unpaired) electrons. The third-order valence-electron chi connectivity index (χ3n) is 2.16. The molecule has 0 aromatic carbocycles. The van der Waals surface area contributed by atoms with E-state index in [0.717, 1.165) is 10.8 Å². The lowest BCUT2D eigenvalue weighted by atomic mass is 10.4. The van der Waals surface area contributed by atoms with Gasteiger partial charge in [0.05, 0.1) is 12.3 Å². The van der Waals surface area contributed by atoms with Crippen LogP contribution >= 0.6 is 23.7 Å². The standard InChI is InChI=1S/C10H14N2O2S.ClH/c1-3-14-9(13)8-6(2)11-10(15-8)12-7-4-5-7;/h7H,3-5H2,1-2H3,(H,11,12);1H. The SMILES string of the molecule is CCOC(=O)c1sc(NC2CC2)nc1C.Cl. The van der Waals surface area contributed by atoms with Crippen molar-refractivity contribution in [3.8, 4) is 0 Å². The van der Waals surface area contributed by atoms with Crippen LogP contribution in [0.3, 0.4) is 0 Å². The predicted molar refractivity (Wildman–Crippen MR) is 66.7 cm³/mol. The Balaban J connectivity index is 0.00000128. The van der Waals surface area contributed by atoms with E-state index < -0.39 is 0 Å². The lowest BCUT2D eigenvalue weighted by Crippen LogP contribution is -2.03. The van der Waals surface area contributed by atoms with Gasteiger partial charge in [0.15, 0.2) is 5.13 Å². The van der Waals surface area contributed by atoms with Crippen molar-refractivity contribution in [1.29, 1.82) is 0 Å². The van der Waals surface area contributed by atoms with Crippen LogP contribution in [-0.2, 0) is 4.74 Å². The van der Waals surface area contributed by atoms with Gasteiger partial charge < -0.3 is 10.1 Å². The van der Waals surface area contributed by atoms with E-state index in [1.807, 2.05) is 6.92 Å². The molecule has 0 amide bonds. The van der Waals surface area contributed by atoms with Gasteiger partial charge in [-0.3, -0.25) is 0 Å². The normalized spacial score (nSPS) is 14.1. The molecule has 2 rings (SSSR count). The van der Waals surface area contributed by atoms with E-state index >= 15 is 0 Å². The van der Waals surface area contributed by atoms with Crippen molar-refractivity contribution in [1.82, 2.24) is 4.98 Å². The third kappa shape index (κ3) is 3.09. The molecule has 1 aliphatic rings. The monoisotopic (exact) mass is 262 g/mol. The Bertz CT molecular complexity index is 377. The number of carbonyl (C=O) groups is 1. The van der Waals surface area contributed by atoms with Crippen molar-refractivity contribution in [2.24, 2.45) is 0 Å². The molecular formula is C10H15ClN2O2S. The highest BCUT2D eigenvalue weighted by molar-refractivity contribution is 7.17. The summed E-state index contributed by atoms with van der Waals surface area (Å²) in [5, 5.41) is 4.11. The number of hydrogen-bond acceptors (Lipinski definition) is 5. The van der Waals surface area contributed by atoms with Gasteiger partial charge in [-0.2, -0.15) is 0 Å². The molecule has 0 spiro atoms. The van der Waals surface area contributed by atoms with Crippen LogP contribution in [-0.4, -0.2) is 23.6 Å². The molecule has 1 aromatic rings. The van der Waals surface area contributed by atoms with Crippen molar-refractivity contribution in [3.63, 3.8) is 0 Å². The molecule has 1 fully saturated rings. The largest absolute Gasteiger partial charge is 0.462 e. The van der Waals surface area contributed by atoms with Crippen molar-refractivity contribution >= 4 is 34.8 Å². The quantitative estimate of drug-likeness (QED) is 0.848. The maximum absolute atomic E-state index is 11.5. The second kappa shape index (κ2) is 5.50. The number of carbonyl (C=O) groups excluding carboxylic acids is 1. The summed E-state index contributed by atoms with van der Waals surface area (Å²) in [5.74, 6) is -0.267. The van der Waals surface area contributed by atoms with Crippen LogP contribution in [0, 0.1) is 6.92 Å². The average Bonchev–Trinajstić information content (AvgIpc) is 2.90. The maximum atomic E-state index is 11.5. The number of halogens is 1.